The highest BCUT2D eigenvalue weighted by molar-refractivity contribution is 6.21. The Labute approximate surface area is 108 Å². The predicted molar refractivity (Wildman–Crippen MR) is 66.5 cm³/mol. The smallest absolute Gasteiger partial charge is 0.281 e. The number of aliphatic hydroxyl groups is 1. The number of aliphatic imine (C=N–C) groups is 3. The van der Waals surface area contributed by atoms with Crippen LogP contribution in [0.15, 0.2) is 15.0 Å². The van der Waals surface area contributed by atoms with Gasteiger partial charge in [0.05, 0.1) is 19.0 Å². The highest BCUT2D eigenvalue weighted by Crippen LogP contribution is 2.25. The number of carbonyl (C=O) groups excluding carboxylic acids is 1. The molecule has 0 saturated carbocycles. The molecule has 102 valence electrons. The van der Waals surface area contributed by atoms with Gasteiger partial charge in [-0.1, -0.05) is 0 Å². The monoisotopic (exact) mass is 266 g/mol. The van der Waals surface area contributed by atoms with E-state index in [9.17, 15) is 4.79 Å². The molecule has 0 aromatic rings. The lowest BCUT2D eigenvalue weighted by molar-refractivity contribution is -0.117. The number of aliphatic hydroxyl groups excluding tert-OH is 1. The fourth-order valence-electron chi connectivity index (χ4n) is 2.34. The molecule has 9 heteroatoms. The maximum Gasteiger partial charge on any atom is 0.281 e. The summed E-state index contributed by atoms with van der Waals surface area (Å²) < 4.78 is 5.61. The zero-order valence-electron chi connectivity index (χ0n) is 10.0. The highest BCUT2D eigenvalue weighted by atomic mass is 16.5. The van der Waals surface area contributed by atoms with Gasteiger partial charge in [-0.3, -0.25) is 14.7 Å². The maximum atomic E-state index is 11.6. The summed E-state index contributed by atoms with van der Waals surface area (Å²) in [4.78, 5) is 24.9. The molecule has 0 radical (unpaired) electrons. The van der Waals surface area contributed by atoms with Gasteiger partial charge < -0.3 is 21.3 Å². The topological polar surface area (TPSA) is 139 Å². The second kappa shape index (κ2) is 4.37. The van der Waals surface area contributed by atoms with E-state index in [-0.39, 0.29) is 18.6 Å². The van der Waals surface area contributed by atoms with Gasteiger partial charge in [0.1, 0.15) is 6.23 Å². The average molecular weight is 266 g/mol. The van der Waals surface area contributed by atoms with Crippen molar-refractivity contribution in [3.05, 3.63) is 0 Å². The molecule has 1 fully saturated rings. The first-order chi connectivity index (χ1) is 9.10. The summed E-state index contributed by atoms with van der Waals surface area (Å²) in [5.41, 5.74) is 11.3. The van der Waals surface area contributed by atoms with Crippen LogP contribution in [0.4, 0.5) is 0 Å². The van der Waals surface area contributed by atoms with Crippen LogP contribution in [0.3, 0.4) is 0 Å². The van der Waals surface area contributed by atoms with Crippen LogP contribution >= 0.6 is 0 Å². The second-order valence-electron chi connectivity index (χ2n) is 4.56. The third kappa shape index (κ3) is 1.91. The molecule has 1 saturated heterocycles. The van der Waals surface area contributed by atoms with Gasteiger partial charge in [-0.25, -0.2) is 0 Å². The fourth-order valence-corrected chi connectivity index (χ4v) is 2.34. The molecule has 3 rings (SSSR count). The number of hydrogen-bond donors (Lipinski definition) is 3. The Hall–Kier alpha value is -1.84. The zero-order chi connectivity index (χ0) is 13.6. The summed E-state index contributed by atoms with van der Waals surface area (Å²) in [6.45, 7) is -0.152. The Morgan fingerprint density at radius 1 is 1.53 bits per heavy atom. The van der Waals surface area contributed by atoms with E-state index < -0.39 is 24.3 Å². The van der Waals surface area contributed by atoms with Crippen LogP contribution < -0.4 is 11.5 Å². The first-order valence-electron chi connectivity index (χ1n) is 5.90. The number of guanidine groups is 1. The standard InChI is InChI=1S/C10H14N6O3/c11-4-1-6(19-5(4)2-17)16-3-13-7-8(16)14-10(12)15-9(7)18/h3-7,17H,1-2,11H2,(H2,12,15,18). The number of fused-ring (bicyclic) bond motifs is 1. The number of ether oxygens (including phenoxy) is 1. The molecule has 9 nitrogen and oxygen atoms in total. The van der Waals surface area contributed by atoms with Crippen LogP contribution in [0.25, 0.3) is 0 Å². The second-order valence-corrected chi connectivity index (χ2v) is 4.56. The van der Waals surface area contributed by atoms with Crippen LogP contribution in [0.2, 0.25) is 0 Å². The van der Waals surface area contributed by atoms with Crippen molar-refractivity contribution in [1.82, 2.24) is 4.90 Å². The van der Waals surface area contributed by atoms with E-state index in [4.69, 9.17) is 21.3 Å². The molecular formula is C10H14N6O3. The number of carbonyl (C=O) groups is 1. The lowest BCUT2D eigenvalue weighted by Crippen LogP contribution is -2.44. The van der Waals surface area contributed by atoms with E-state index in [0.717, 1.165) is 0 Å². The molecule has 0 aromatic heterocycles. The highest BCUT2D eigenvalue weighted by Gasteiger charge is 2.43. The fraction of sp³-hybridized carbons (Fsp3) is 0.600. The van der Waals surface area contributed by atoms with E-state index >= 15 is 0 Å². The largest absolute Gasteiger partial charge is 0.394 e. The van der Waals surface area contributed by atoms with Crippen molar-refractivity contribution in [2.45, 2.75) is 30.8 Å². The van der Waals surface area contributed by atoms with Crippen LogP contribution in [0.1, 0.15) is 6.42 Å². The number of hydrogen-bond acceptors (Lipinski definition) is 8. The Kier molecular flexibility index (Phi) is 2.81. The minimum Gasteiger partial charge on any atom is -0.394 e. The van der Waals surface area contributed by atoms with Crippen molar-refractivity contribution in [3.63, 3.8) is 0 Å². The van der Waals surface area contributed by atoms with E-state index in [0.29, 0.717) is 12.3 Å². The summed E-state index contributed by atoms with van der Waals surface area (Å²) in [7, 11) is 0. The van der Waals surface area contributed by atoms with Crippen molar-refractivity contribution in [3.8, 4) is 0 Å². The van der Waals surface area contributed by atoms with Crippen LogP contribution in [-0.4, -0.2) is 65.1 Å². The van der Waals surface area contributed by atoms with Gasteiger partial charge in [0.25, 0.3) is 5.91 Å². The lowest BCUT2D eigenvalue weighted by atomic mass is 10.1. The maximum absolute atomic E-state index is 11.6. The molecule has 4 unspecified atom stereocenters. The van der Waals surface area contributed by atoms with Crippen molar-refractivity contribution >= 4 is 24.0 Å². The van der Waals surface area contributed by atoms with Crippen molar-refractivity contribution < 1.29 is 14.6 Å². The SMILES string of the molecule is NC1=NC(=O)C2N=CN(C3CC(N)C(CO)O3)C2=N1. The summed E-state index contributed by atoms with van der Waals surface area (Å²) >= 11 is 0. The minimum atomic E-state index is -0.750. The normalized spacial score (nSPS) is 37.4. The summed E-state index contributed by atoms with van der Waals surface area (Å²) in [5.74, 6) is -0.136. The van der Waals surface area contributed by atoms with Gasteiger partial charge in [0, 0.05) is 12.5 Å². The van der Waals surface area contributed by atoms with Crippen LogP contribution in [0, 0.1) is 0 Å². The van der Waals surface area contributed by atoms with Gasteiger partial charge in [0.15, 0.2) is 11.9 Å². The number of nitrogens with zero attached hydrogens (tertiary/aromatic N) is 4. The lowest BCUT2D eigenvalue weighted by Gasteiger charge is -2.25. The molecule has 3 heterocycles. The Balaban J connectivity index is 1.82. The van der Waals surface area contributed by atoms with Crippen LogP contribution in [0.5, 0.6) is 0 Å². The first kappa shape index (κ1) is 12.2. The Morgan fingerprint density at radius 3 is 3.00 bits per heavy atom. The molecule has 0 aromatic carbocycles. The van der Waals surface area contributed by atoms with E-state index in [2.05, 4.69) is 15.0 Å². The third-order valence-electron chi connectivity index (χ3n) is 3.31. The molecule has 0 aliphatic carbocycles. The average Bonchev–Trinajstić information content (AvgIpc) is 2.92. The van der Waals surface area contributed by atoms with E-state index in [1.807, 2.05) is 0 Å². The molecular weight excluding hydrogens is 252 g/mol. The quantitative estimate of drug-likeness (QED) is 0.500. The van der Waals surface area contributed by atoms with Gasteiger partial charge in [-0.2, -0.15) is 9.98 Å². The Bertz CT molecular complexity index is 501. The molecule has 3 aliphatic rings. The van der Waals surface area contributed by atoms with E-state index in [1.54, 1.807) is 4.90 Å². The number of nitrogens with two attached hydrogens (primary N) is 2. The third-order valence-corrected chi connectivity index (χ3v) is 3.31. The molecule has 19 heavy (non-hydrogen) atoms. The molecule has 4 atom stereocenters. The van der Waals surface area contributed by atoms with Gasteiger partial charge in [-0.15, -0.1) is 0 Å². The Morgan fingerprint density at radius 2 is 2.32 bits per heavy atom. The van der Waals surface area contributed by atoms with Crippen LogP contribution in [-0.2, 0) is 9.53 Å². The van der Waals surface area contributed by atoms with Crippen molar-refractivity contribution in [2.75, 3.05) is 6.61 Å². The minimum absolute atomic E-state index is 0.0900. The first-order valence-corrected chi connectivity index (χ1v) is 5.90. The molecule has 3 aliphatic heterocycles. The van der Waals surface area contributed by atoms with E-state index in [1.165, 1.54) is 6.34 Å². The molecule has 5 N–H and O–H groups in total. The summed E-state index contributed by atoms with van der Waals surface area (Å²) in [6, 6.07) is -1.02. The van der Waals surface area contributed by atoms with Crippen molar-refractivity contribution in [1.29, 1.82) is 0 Å². The van der Waals surface area contributed by atoms with Crippen molar-refractivity contribution in [2.24, 2.45) is 26.4 Å². The zero-order valence-corrected chi connectivity index (χ0v) is 10.0. The summed E-state index contributed by atoms with van der Waals surface area (Å²) in [5, 5.41) is 9.13. The van der Waals surface area contributed by atoms with Gasteiger partial charge in [-0.05, 0) is 0 Å². The van der Waals surface area contributed by atoms with Gasteiger partial charge in [0.2, 0.25) is 5.96 Å². The number of amidine groups is 1. The molecule has 1 amide bonds. The number of amides is 1. The van der Waals surface area contributed by atoms with Gasteiger partial charge >= 0.3 is 0 Å². The molecule has 0 spiro atoms. The molecule has 0 bridgehead atoms. The predicted octanol–water partition coefficient (Wildman–Crippen LogP) is -2.61. The summed E-state index contributed by atoms with van der Waals surface area (Å²) in [6.07, 6.45) is 1.16. The number of rotatable bonds is 2.